The van der Waals surface area contributed by atoms with E-state index >= 15 is 0 Å². The zero-order chi connectivity index (χ0) is 15.1. The second kappa shape index (κ2) is 8.20. The van der Waals surface area contributed by atoms with Crippen LogP contribution in [0.15, 0.2) is 52.3 Å². The van der Waals surface area contributed by atoms with Gasteiger partial charge in [0, 0.05) is 27.0 Å². The lowest BCUT2D eigenvalue weighted by Gasteiger charge is -2.09. The SMILES string of the molecule is CCOc1ccc(N)c(SCCSc2ccccc2F)c1. The summed E-state index contributed by atoms with van der Waals surface area (Å²) >= 11 is 3.18. The molecule has 0 saturated heterocycles. The summed E-state index contributed by atoms with van der Waals surface area (Å²) in [5.41, 5.74) is 6.71. The van der Waals surface area contributed by atoms with Gasteiger partial charge >= 0.3 is 0 Å². The van der Waals surface area contributed by atoms with Gasteiger partial charge in [0.1, 0.15) is 11.6 Å². The Hall–Kier alpha value is -1.33. The molecule has 0 spiro atoms. The highest BCUT2D eigenvalue weighted by molar-refractivity contribution is 8.03. The fourth-order valence-corrected chi connectivity index (χ4v) is 3.68. The summed E-state index contributed by atoms with van der Waals surface area (Å²) in [5, 5.41) is 0. The van der Waals surface area contributed by atoms with E-state index in [1.807, 2.05) is 31.2 Å². The number of nitrogens with two attached hydrogens (primary N) is 1. The topological polar surface area (TPSA) is 35.2 Å². The molecule has 0 aromatic heterocycles. The van der Waals surface area contributed by atoms with E-state index in [2.05, 4.69) is 0 Å². The van der Waals surface area contributed by atoms with Crippen molar-refractivity contribution in [3.05, 3.63) is 48.3 Å². The molecule has 0 aliphatic rings. The van der Waals surface area contributed by atoms with E-state index in [0.29, 0.717) is 11.5 Å². The van der Waals surface area contributed by atoms with Gasteiger partial charge in [0.2, 0.25) is 0 Å². The van der Waals surface area contributed by atoms with Crippen molar-refractivity contribution in [2.45, 2.75) is 16.7 Å². The number of hydrogen-bond donors (Lipinski definition) is 1. The highest BCUT2D eigenvalue weighted by Crippen LogP contribution is 2.31. The van der Waals surface area contributed by atoms with Crippen molar-refractivity contribution in [3.63, 3.8) is 0 Å². The van der Waals surface area contributed by atoms with E-state index < -0.39 is 0 Å². The van der Waals surface area contributed by atoms with Gasteiger partial charge in [0.05, 0.1) is 6.61 Å². The van der Waals surface area contributed by atoms with Crippen LogP contribution in [0.1, 0.15) is 6.92 Å². The molecule has 2 nitrogen and oxygen atoms in total. The zero-order valence-electron chi connectivity index (χ0n) is 11.8. The molecule has 2 aromatic carbocycles. The van der Waals surface area contributed by atoms with Gasteiger partial charge < -0.3 is 10.5 Å². The Morgan fingerprint density at radius 2 is 1.76 bits per heavy atom. The standard InChI is InChI=1S/C16H18FNOS2/c1-2-19-12-7-8-14(18)16(11-12)21-10-9-20-15-6-4-3-5-13(15)17/h3-8,11H,2,9-10,18H2,1H3. The molecule has 0 aliphatic carbocycles. The predicted molar refractivity (Wildman–Crippen MR) is 89.9 cm³/mol. The largest absolute Gasteiger partial charge is 0.494 e. The van der Waals surface area contributed by atoms with Crippen LogP contribution in [0.3, 0.4) is 0 Å². The van der Waals surface area contributed by atoms with Gasteiger partial charge in [-0.05, 0) is 37.3 Å². The third-order valence-electron chi connectivity index (χ3n) is 2.73. The van der Waals surface area contributed by atoms with Crippen molar-refractivity contribution in [2.75, 3.05) is 23.8 Å². The number of ether oxygens (including phenoxy) is 1. The Morgan fingerprint density at radius 1 is 1.05 bits per heavy atom. The van der Waals surface area contributed by atoms with Gasteiger partial charge in [-0.1, -0.05) is 12.1 Å². The highest BCUT2D eigenvalue weighted by atomic mass is 32.2. The quantitative estimate of drug-likeness (QED) is 0.455. The first kappa shape index (κ1) is 16.0. The second-order valence-corrected chi connectivity index (χ2v) is 6.53. The van der Waals surface area contributed by atoms with Crippen LogP contribution in [-0.2, 0) is 0 Å². The minimum atomic E-state index is -0.162. The Labute approximate surface area is 133 Å². The Balaban J connectivity index is 1.86. The zero-order valence-corrected chi connectivity index (χ0v) is 13.5. The van der Waals surface area contributed by atoms with Gasteiger partial charge in [-0.3, -0.25) is 0 Å². The molecule has 2 N–H and O–H groups in total. The van der Waals surface area contributed by atoms with Crippen LogP contribution in [-0.4, -0.2) is 18.1 Å². The molecule has 0 saturated carbocycles. The third kappa shape index (κ3) is 4.86. The normalized spacial score (nSPS) is 10.6. The minimum absolute atomic E-state index is 0.162. The molecule has 0 aliphatic heterocycles. The Morgan fingerprint density at radius 3 is 2.48 bits per heavy atom. The molecule has 0 radical (unpaired) electrons. The lowest BCUT2D eigenvalue weighted by atomic mass is 10.3. The molecule has 2 rings (SSSR count). The molecule has 0 heterocycles. The van der Waals surface area contributed by atoms with Crippen molar-refractivity contribution < 1.29 is 9.13 Å². The van der Waals surface area contributed by atoms with Crippen LogP contribution in [0.4, 0.5) is 10.1 Å². The third-order valence-corrected chi connectivity index (χ3v) is 5.11. The number of thioether (sulfide) groups is 2. The maximum atomic E-state index is 13.5. The smallest absolute Gasteiger partial charge is 0.136 e. The first-order valence-corrected chi connectivity index (χ1v) is 8.70. The van der Waals surface area contributed by atoms with Crippen molar-refractivity contribution in [1.29, 1.82) is 0 Å². The lowest BCUT2D eigenvalue weighted by Crippen LogP contribution is -1.95. The van der Waals surface area contributed by atoms with Crippen LogP contribution >= 0.6 is 23.5 Å². The van der Waals surface area contributed by atoms with E-state index in [1.54, 1.807) is 23.9 Å². The summed E-state index contributed by atoms with van der Waals surface area (Å²) < 4.78 is 18.9. The first-order valence-electron chi connectivity index (χ1n) is 6.73. The van der Waals surface area contributed by atoms with Crippen LogP contribution in [0, 0.1) is 5.82 Å². The molecule has 0 unspecified atom stereocenters. The van der Waals surface area contributed by atoms with Crippen molar-refractivity contribution in [2.24, 2.45) is 0 Å². The number of halogens is 1. The van der Waals surface area contributed by atoms with E-state index in [4.69, 9.17) is 10.5 Å². The molecule has 0 fully saturated rings. The summed E-state index contributed by atoms with van der Waals surface area (Å²) in [6.07, 6.45) is 0. The number of anilines is 1. The van der Waals surface area contributed by atoms with Gasteiger partial charge in [-0.15, -0.1) is 23.5 Å². The summed E-state index contributed by atoms with van der Waals surface area (Å²) in [4.78, 5) is 1.70. The fourth-order valence-electron chi connectivity index (χ4n) is 1.76. The summed E-state index contributed by atoms with van der Waals surface area (Å²) in [7, 11) is 0. The van der Waals surface area contributed by atoms with E-state index in [9.17, 15) is 4.39 Å². The van der Waals surface area contributed by atoms with Gasteiger partial charge in [0.25, 0.3) is 0 Å². The highest BCUT2D eigenvalue weighted by Gasteiger charge is 2.04. The minimum Gasteiger partial charge on any atom is -0.494 e. The summed E-state index contributed by atoms with van der Waals surface area (Å²) in [6.45, 7) is 2.59. The predicted octanol–water partition coefficient (Wildman–Crippen LogP) is 4.69. The first-order chi connectivity index (χ1) is 10.2. The lowest BCUT2D eigenvalue weighted by molar-refractivity contribution is 0.339. The molecular weight excluding hydrogens is 305 g/mol. The van der Waals surface area contributed by atoms with Gasteiger partial charge in [-0.25, -0.2) is 4.39 Å². The Kier molecular flexibility index (Phi) is 6.26. The van der Waals surface area contributed by atoms with E-state index in [1.165, 1.54) is 17.8 Å². The van der Waals surface area contributed by atoms with Crippen molar-refractivity contribution in [3.8, 4) is 5.75 Å². The molecular formula is C16H18FNOS2. The number of benzene rings is 2. The number of rotatable bonds is 7. The van der Waals surface area contributed by atoms with E-state index in [0.717, 1.165) is 27.8 Å². The monoisotopic (exact) mass is 323 g/mol. The maximum absolute atomic E-state index is 13.5. The molecule has 21 heavy (non-hydrogen) atoms. The summed E-state index contributed by atoms with van der Waals surface area (Å²) in [5.74, 6) is 2.35. The molecule has 0 atom stereocenters. The van der Waals surface area contributed by atoms with Gasteiger partial charge in [0.15, 0.2) is 0 Å². The van der Waals surface area contributed by atoms with Crippen molar-refractivity contribution in [1.82, 2.24) is 0 Å². The second-order valence-electron chi connectivity index (χ2n) is 4.26. The molecule has 112 valence electrons. The van der Waals surface area contributed by atoms with Crippen LogP contribution in [0.25, 0.3) is 0 Å². The fraction of sp³-hybridized carbons (Fsp3) is 0.250. The summed E-state index contributed by atoms with van der Waals surface area (Å²) in [6, 6.07) is 12.5. The van der Waals surface area contributed by atoms with Crippen molar-refractivity contribution >= 4 is 29.2 Å². The molecule has 0 bridgehead atoms. The molecule has 5 heteroatoms. The van der Waals surface area contributed by atoms with E-state index in [-0.39, 0.29) is 5.82 Å². The van der Waals surface area contributed by atoms with Crippen LogP contribution < -0.4 is 10.5 Å². The van der Waals surface area contributed by atoms with Crippen LogP contribution in [0.2, 0.25) is 0 Å². The molecule has 2 aromatic rings. The number of hydrogen-bond acceptors (Lipinski definition) is 4. The average Bonchev–Trinajstić information content (AvgIpc) is 2.48. The Bertz CT molecular complexity index is 592. The van der Waals surface area contributed by atoms with Crippen LogP contribution in [0.5, 0.6) is 5.75 Å². The maximum Gasteiger partial charge on any atom is 0.136 e. The average molecular weight is 323 g/mol. The molecule has 0 amide bonds. The number of nitrogen functional groups attached to an aromatic ring is 1. The van der Waals surface area contributed by atoms with Gasteiger partial charge in [-0.2, -0.15) is 0 Å².